The van der Waals surface area contributed by atoms with Crippen molar-refractivity contribution < 1.29 is 9.50 Å². The first-order valence-corrected chi connectivity index (χ1v) is 9.48. The van der Waals surface area contributed by atoms with E-state index in [1.54, 1.807) is 12.1 Å². The molecule has 0 aromatic heterocycles. The second-order valence-electron chi connectivity index (χ2n) is 6.59. The summed E-state index contributed by atoms with van der Waals surface area (Å²) in [5.41, 5.74) is 3.19. The molecule has 1 aliphatic carbocycles. The van der Waals surface area contributed by atoms with Gasteiger partial charge in [-0.2, -0.15) is 0 Å². The minimum Gasteiger partial charge on any atom is -0.376 e. The summed E-state index contributed by atoms with van der Waals surface area (Å²) in [7, 11) is 0. The normalized spacial score (nSPS) is 18.0. The number of hydrogen-bond donors (Lipinski definition) is 1. The first-order valence-electron chi connectivity index (χ1n) is 8.40. The molecule has 126 valence electrons. The molecular formula is C23H14FIO. The highest BCUT2D eigenvalue weighted by molar-refractivity contribution is 14.1. The molecule has 4 aromatic carbocycles. The number of rotatable bonds is 1. The van der Waals surface area contributed by atoms with Gasteiger partial charge < -0.3 is 5.11 Å². The highest BCUT2D eigenvalue weighted by Crippen LogP contribution is 2.54. The SMILES string of the molecule is OC1(c2ccc(F)cc2)c2ccccc2-c2c(I)cc3ccccc3c21. The fourth-order valence-corrected chi connectivity index (χ4v) is 4.99. The van der Waals surface area contributed by atoms with Gasteiger partial charge in [0.15, 0.2) is 0 Å². The molecule has 0 aliphatic heterocycles. The van der Waals surface area contributed by atoms with Crippen molar-refractivity contribution in [3.8, 4) is 11.1 Å². The Kier molecular flexibility index (Phi) is 3.46. The molecule has 1 nitrogen and oxygen atoms in total. The van der Waals surface area contributed by atoms with Gasteiger partial charge in [0, 0.05) is 20.3 Å². The van der Waals surface area contributed by atoms with Crippen LogP contribution in [0.5, 0.6) is 0 Å². The van der Waals surface area contributed by atoms with Gasteiger partial charge in [-0.1, -0.05) is 60.7 Å². The van der Waals surface area contributed by atoms with E-state index < -0.39 is 5.60 Å². The molecule has 0 bridgehead atoms. The Morgan fingerprint density at radius 2 is 1.54 bits per heavy atom. The van der Waals surface area contributed by atoms with Gasteiger partial charge in [-0.15, -0.1) is 0 Å². The van der Waals surface area contributed by atoms with E-state index in [4.69, 9.17) is 0 Å². The number of benzene rings is 4. The van der Waals surface area contributed by atoms with Gasteiger partial charge in [-0.25, -0.2) is 4.39 Å². The minimum absolute atomic E-state index is 0.309. The zero-order valence-corrected chi connectivity index (χ0v) is 15.9. The van der Waals surface area contributed by atoms with Crippen LogP contribution in [0.4, 0.5) is 4.39 Å². The molecule has 0 saturated heterocycles. The first-order chi connectivity index (χ1) is 12.6. The van der Waals surface area contributed by atoms with Crippen LogP contribution in [-0.4, -0.2) is 5.11 Å². The third-order valence-electron chi connectivity index (χ3n) is 5.21. The second kappa shape index (κ2) is 5.63. The van der Waals surface area contributed by atoms with Crippen molar-refractivity contribution in [2.75, 3.05) is 0 Å². The third kappa shape index (κ3) is 2.04. The van der Waals surface area contributed by atoms with Crippen LogP contribution in [0, 0.1) is 9.39 Å². The summed E-state index contributed by atoms with van der Waals surface area (Å²) in [6.45, 7) is 0. The molecule has 0 heterocycles. The first kappa shape index (κ1) is 16.0. The van der Waals surface area contributed by atoms with Gasteiger partial charge in [0.25, 0.3) is 0 Å². The zero-order chi connectivity index (χ0) is 17.9. The fourth-order valence-electron chi connectivity index (χ4n) is 4.09. The van der Waals surface area contributed by atoms with Gasteiger partial charge >= 0.3 is 0 Å². The van der Waals surface area contributed by atoms with Crippen molar-refractivity contribution in [3.05, 3.63) is 105 Å². The molecule has 1 atom stereocenters. The summed E-state index contributed by atoms with van der Waals surface area (Å²) in [5, 5.41) is 14.2. The van der Waals surface area contributed by atoms with Crippen molar-refractivity contribution in [2.24, 2.45) is 0 Å². The van der Waals surface area contributed by atoms with Gasteiger partial charge in [0.2, 0.25) is 0 Å². The summed E-state index contributed by atoms with van der Waals surface area (Å²) in [6.07, 6.45) is 0. The van der Waals surface area contributed by atoms with Crippen molar-refractivity contribution in [3.63, 3.8) is 0 Å². The maximum Gasteiger partial charge on any atom is 0.142 e. The summed E-state index contributed by atoms with van der Waals surface area (Å²) in [5.74, 6) is -0.309. The smallest absolute Gasteiger partial charge is 0.142 e. The predicted octanol–water partition coefficient (Wildman–Crippen LogP) is 5.85. The van der Waals surface area contributed by atoms with Gasteiger partial charge in [-0.05, 0) is 62.7 Å². The Bertz CT molecular complexity index is 1170. The van der Waals surface area contributed by atoms with Crippen LogP contribution in [-0.2, 0) is 5.60 Å². The van der Waals surface area contributed by atoms with Crippen molar-refractivity contribution >= 4 is 33.4 Å². The maximum absolute atomic E-state index is 13.5. The lowest BCUT2D eigenvalue weighted by Gasteiger charge is -2.28. The molecule has 0 spiro atoms. The lowest BCUT2D eigenvalue weighted by Crippen LogP contribution is -2.26. The summed E-state index contributed by atoms with van der Waals surface area (Å²) in [4.78, 5) is 0. The molecule has 0 radical (unpaired) electrons. The largest absolute Gasteiger partial charge is 0.376 e. The van der Waals surface area contributed by atoms with Crippen LogP contribution in [0.2, 0.25) is 0 Å². The number of hydrogen-bond acceptors (Lipinski definition) is 1. The molecule has 26 heavy (non-hydrogen) atoms. The maximum atomic E-state index is 13.5. The van der Waals surface area contributed by atoms with Crippen LogP contribution in [0.3, 0.4) is 0 Å². The van der Waals surface area contributed by atoms with Gasteiger partial charge in [0.05, 0.1) is 0 Å². The standard InChI is InChI=1S/C23H14FIO/c24-16-11-9-15(10-12-16)23(26)19-8-4-3-7-18(19)21-20(25)13-14-5-1-2-6-17(14)22(21)23/h1-13,26H. The summed E-state index contributed by atoms with van der Waals surface area (Å²) >= 11 is 2.34. The second-order valence-corrected chi connectivity index (χ2v) is 7.75. The molecule has 1 aliphatic rings. The van der Waals surface area contributed by atoms with E-state index in [1.807, 2.05) is 42.5 Å². The van der Waals surface area contributed by atoms with Crippen LogP contribution in [0.15, 0.2) is 78.9 Å². The van der Waals surface area contributed by atoms with E-state index in [9.17, 15) is 9.50 Å². The Hall–Kier alpha value is -2.24. The van der Waals surface area contributed by atoms with Crippen LogP contribution in [0.1, 0.15) is 16.7 Å². The number of aliphatic hydroxyl groups is 1. The van der Waals surface area contributed by atoms with Crippen LogP contribution >= 0.6 is 22.6 Å². The fraction of sp³-hybridized carbons (Fsp3) is 0.0435. The van der Waals surface area contributed by atoms with Crippen molar-refractivity contribution in [1.82, 2.24) is 0 Å². The molecule has 1 N–H and O–H groups in total. The van der Waals surface area contributed by atoms with E-state index in [0.29, 0.717) is 5.56 Å². The third-order valence-corrected chi connectivity index (χ3v) is 6.06. The highest BCUT2D eigenvalue weighted by Gasteiger charge is 2.45. The van der Waals surface area contributed by atoms with Crippen LogP contribution in [0.25, 0.3) is 21.9 Å². The van der Waals surface area contributed by atoms with E-state index in [2.05, 4.69) is 34.7 Å². The van der Waals surface area contributed by atoms with Crippen molar-refractivity contribution in [1.29, 1.82) is 0 Å². The Balaban J connectivity index is 1.98. The van der Waals surface area contributed by atoms with Crippen LogP contribution < -0.4 is 0 Å². The van der Waals surface area contributed by atoms with E-state index in [1.165, 1.54) is 12.1 Å². The monoisotopic (exact) mass is 452 g/mol. The lowest BCUT2D eigenvalue weighted by atomic mass is 9.82. The summed E-state index contributed by atoms with van der Waals surface area (Å²) < 4.78 is 14.6. The molecule has 3 heteroatoms. The van der Waals surface area contributed by atoms with Gasteiger partial charge in [0.1, 0.15) is 11.4 Å². The zero-order valence-electron chi connectivity index (χ0n) is 13.7. The Morgan fingerprint density at radius 1 is 0.846 bits per heavy atom. The predicted molar refractivity (Wildman–Crippen MR) is 111 cm³/mol. The molecule has 0 amide bonds. The molecule has 4 aromatic rings. The lowest BCUT2D eigenvalue weighted by molar-refractivity contribution is 0.132. The highest BCUT2D eigenvalue weighted by atomic mass is 127. The Morgan fingerprint density at radius 3 is 2.35 bits per heavy atom. The molecule has 0 fully saturated rings. The Labute approximate surface area is 164 Å². The molecule has 0 saturated carbocycles. The molecular weight excluding hydrogens is 438 g/mol. The van der Waals surface area contributed by atoms with Crippen molar-refractivity contribution in [2.45, 2.75) is 5.60 Å². The number of fused-ring (bicyclic) bond motifs is 5. The quantitative estimate of drug-likeness (QED) is 0.360. The topological polar surface area (TPSA) is 20.2 Å². The van der Waals surface area contributed by atoms with E-state index in [-0.39, 0.29) is 5.82 Å². The molecule has 1 unspecified atom stereocenters. The van der Waals surface area contributed by atoms with Gasteiger partial charge in [-0.3, -0.25) is 0 Å². The summed E-state index contributed by atoms with van der Waals surface area (Å²) in [6, 6.07) is 24.4. The average molecular weight is 452 g/mol. The minimum atomic E-state index is -1.31. The molecule has 5 rings (SSSR count). The number of halogens is 2. The average Bonchev–Trinajstić information content (AvgIpc) is 2.94. The van der Waals surface area contributed by atoms with E-state index >= 15 is 0 Å². The van der Waals surface area contributed by atoms with E-state index in [0.717, 1.165) is 36.6 Å².